The maximum atomic E-state index is 14.1. The molecule has 0 bridgehead atoms. The number of nitrogens with zero attached hydrogens (tertiary/aromatic N) is 3. The number of rotatable bonds is 11. The van der Waals surface area contributed by atoms with Gasteiger partial charge >= 0.3 is 256 Å². The van der Waals surface area contributed by atoms with E-state index < -0.39 is 0 Å². The number of ketones is 2. The van der Waals surface area contributed by atoms with Crippen LogP contribution in [0.1, 0.15) is 43.1 Å². The number of benzene rings is 5. The number of carbonyl (C=O) groups is 2. The van der Waals surface area contributed by atoms with Gasteiger partial charge in [0.15, 0.2) is 0 Å². The van der Waals surface area contributed by atoms with Gasteiger partial charge in [-0.05, 0) is 12.1 Å². The molecule has 0 saturated carbocycles. The number of aromatic nitrogens is 3. The first-order valence-electron chi connectivity index (χ1n) is 15.1. The van der Waals surface area contributed by atoms with Gasteiger partial charge in [-0.25, -0.2) is 0 Å². The van der Waals surface area contributed by atoms with Crippen molar-refractivity contribution in [1.29, 1.82) is 0 Å². The Balaban J connectivity index is 1.27. The molecule has 0 spiro atoms. The number of fused-ring (bicyclic) bond motifs is 1. The molecule has 1 unspecified atom stereocenters. The standard InChI is InChI=1S/C38H28BrN3O4Se/c39-27-16-18-29(19-17-27)42-22-28(40-41-42)23-45-37-32(35(43)25-10-4-1-5-11-25)21-33(36(44)26-12-6-2-7-13-26)38-34(37)20-30(46-38)24-47-31-14-8-3-9-15-31/h1-19,21-22,30H,20,23-24H2. The Morgan fingerprint density at radius 3 is 2.11 bits per heavy atom. The second-order valence-electron chi connectivity index (χ2n) is 11.0. The minimum atomic E-state index is -0.235. The van der Waals surface area contributed by atoms with Crippen molar-refractivity contribution in [1.82, 2.24) is 15.0 Å². The third-order valence-electron chi connectivity index (χ3n) is 7.78. The van der Waals surface area contributed by atoms with Crippen molar-refractivity contribution in [3.63, 3.8) is 0 Å². The molecule has 0 aliphatic carbocycles. The zero-order chi connectivity index (χ0) is 32.2. The van der Waals surface area contributed by atoms with Crippen molar-refractivity contribution in [2.75, 3.05) is 0 Å². The van der Waals surface area contributed by atoms with Gasteiger partial charge < -0.3 is 0 Å². The Hall–Kier alpha value is -4.82. The summed E-state index contributed by atoms with van der Waals surface area (Å²) < 4.78 is 17.0. The van der Waals surface area contributed by atoms with Crippen molar-refractivity contribution in [2.45, 2.75) is 24.5 Å². The van der Waals surface area contributed by atoms with Crippen LogP contribution in [0.25, 0.3) is 5.69 Å². The van der Waals surface area contributed by atoms with E-state index in [4.69, 9.17) is 9.47 Å². The van der Waals surface area contributed by atoms with Crippen LogP contribution in [0.3, 0.4) is 0 Å². The molecule has 1 atom stereocenters. The van der Waals surface area contributed by atoms with Crippen molar-refractivity contribution in [2.24, 2.45) is 0 Å². The molecule has 232 valence electrons. The van der Waals surface area contributed by atoms with Crippen molar-refractivity contribution < 1.29 is 19.1 Å². The molecular formula is C38H28BrN3O4Se. The molecule has 9 heteroatoms. The predicted molar refractivity (Wildman–Crippen MR) is 184 cm³/mol. The van der Waals surface area contributed by atoms with Gasteiger partial charge in [-0.1, -0.05) is 15.9 Å². The zero-order valence-electron chi connectivity index (χ0n) is 25.1. The maximum absolute atomic E-state index is 14.1. The van der Waals surface area contributed by atoms with E-state index in [0.717, 1.165) is 21.0 Å². The molecule has 7 rings (SSSR count). The van der Waals surface area contributed by atoms with E-state index in [2.05, 4.69) is 38.4 Å². The fourth-order valence-electron chi connectivity index (χ4n) is 5.48. The Morgan fingerprint density at radius 1 is 0.830 bits per heavy atom. The van der Waals surface area contributed by atoms with Crippen LogP contribution in [0.5, 0.6) is 11.5 Å². The van der Waals surface area contributed by atoms with Crippen LogP contribution >= 0.6 is 15.9 Å². The van der Waals surface area contributed by atoms with Crippen molar-refractivity contribution in [3.05, 3.63) is 166 Å². The molecule has 0 fully saturated rings. The van der Waals surface area contributed by atoms with Crippen LogP contribution < -0.4 is 13.9 Å². The molecule has 0 radical (unpaired) electrons. The van der Waals surface area contributed by atoms with Gasteiger partial charge in [0.05, 0.1) is 0 Å². The van der Waals surface area contributed by atoms with Gasteiger partial charge in [0, 0.05) is 4.47 Å². The van der Waals surface area contributed by atoms with Crippen LogP contribution in [-0.2, 0) is 13.0 Å². The Kier molecular flexibility index (Phi) is 9.11. The summed E-state index contributed by atoms with van der Waals surface area (Å²) in [6.45, 7) is 0.0721. The van der Waals surface area contributed by atoms with Gasteiger partial charge in [0.1, 0.15) is 0 Å². The van der Waals surface area contributed by atoms with Crippen LogP contribution in [0, 0.1) is 0 Å². The molecule has 1 aliphatic heterocycles. The third-order valence-corrected chi connectivity index (χ3v) is 10.7. The van der Waals surface area contributed by atoms with Crippen LogP contribution in [0.15, 0.2) is 132 Å². The summed E-state index contributed by atoms with van der Waals surface area (Å²) in [6.07, 6.45) is 2.14. The molecule has 1 aromatic heterocycles. The van der Waals surface area contributed by atoms with Gasteiger partial charge in [0.2, 0.25) is 0 Å². The summed E-state index contributed by atoms with van der Waals surface area (Å²) in [4.78, 5) is 28.1. The monoisotopic (exact) mass is 749 g/mol. The summed E-state index contributed by atoms with van der Waals surface area (Å²) in [5.41, 5.74) is 3.85. The van der Waals surface area contributed by atoms with E-state index in [-0.39, 0.29) is 39.2 Å². The van der Waals surface area contributed by atoms with Gasteiger partial charge in [-0.15, -0.1) is 0 Å². The van der Waals surface area contributed by atoms with E-state index in [9.17, 15) is 9.59 Å². The van der Waals surface area contributed by atoms with E-state index in [1.54, 1.807) is 41.2 Å². The summed E-state index contributed by atoms with van der Waals surface area (Å²) in [6, 6.07) is 37.8. The van der Waals surface area contributed by atoms with Crippen LogP contribution in [0.2, 0.25) is 5.32 Å². The summed E-state index contributed by atoms with van der Waals surface area (Å²) in [7, 11) is 0. The van der Waals surface area contributed by atoms with E-state index >= 15 is 0 Å². The minimum absolute atomic E-state index is 0.0721. The zero-order valence-corrected chi connectivity index (χ0v) is 28.4. The molecule has 0 amide bonds. The SMILES string of the molecule is O=C(c1ccccc1)c1cc(C(=O)c2ccccc2)c2c(c1OCc1cn(-c3ccc(Br)cc3)nn1)CC(C[Se]c1ccccc1)O2. The Bertz CT molecular complexity index is 2040. The number of hydrogen-bond acceptors (Lipinski definition) is 6. The van der Waals surface area contributed by atoms with Crippen molar-refractivity contribution in [3.8, 4) is 17.2 Å². The second-order valence-corrected chi connectivity index (χ2v) is 14.2. The molecular weight excluding hydrogens is 721 g/mol. The molecule has 6 aromatic rings. The molecule has 0 N–H and O–H groups in total. The first-order valence-corrected chi connectivity index (χ1v) is 17.9. The first-order chi connectivity index (χ1) is 23.0. The summed E-state index contributed by atoms with van der Waals surface area (Å²) in [5, 5.41) is 9.41. The topological polar surface area (TPSA) is 83.3 Å². The van der Waals surface area contributed by atoms with Crippen LogP contribution in [0.4, 0.5) is 0 Å². The van der Waals surface area contributed by atoms with Gasteiger partial charge in [0.25, 0.3) is 0 Å². The molecule has 1 aliphatic rings. The van der Waals surface area contributed by atoms with E-state index in [0.29, 0.717) is 45.9 Å². The molecule has 5 aromatic carbocycles. The number of halogens is 1. The first kappa shape index (κ1) is 30.8. The normalized spacial score (nSPS) is 13.5. The fraction of sp³-hybridized carbons (Fsp3) is 0.105. The Morgan fingerprint density at radius 2 is 1.45 bits per heavy atom. The number of ether oxygens (including phenoxy) is 2. The fourth-order valence-corrected chi connectivity index (χ4v) is 7.66. The van der Waals surface area contributed by atoms with E-state index in [1.807, 2.05) is 78.9 Å². The van der Waals surface area contributed by atoms with E-state index in [1.165, 1.54) is 4.46 Å². The molecule has 2 heterocycles. The average molecular weight is 750 g/mol. The third kappa shape index (κ3) is 6.83. The van der Waals surface area contributed by atoms with Gasteiger partial charge in [-0.3, -0.25) is 0 Å². The van der Waals surface area contributed by atoms with Crippen LogP contribution in [-0.4, -0.2) is 47.6 Å². The molecule has 7 nitrogen and oxygen atoms in total. The number of hydrogen-bond donors (Lipinski definition) is 0. The van der Waals surface area contributed by atoms with Gasteiger partial charge in [-0.2, -0.15) is 0 Å². The molecule has 47 heavy (non-hydrogen) atoms. The Labute approximate surface area is 286 Å². The quantitative estimate of drug-likeness (QED) is 0.107. The second kappa shape index (κ2) is 13.9. The van der Waals surface area contributed by atoms with Crippen molar-refractivity contribution >= 4 is 46.9 Å². The molecule has 0 saturated heterocycles. The summed E-state index contributed by atoms with van der Waals surface area (Å²) in [5.74, 6) is 0.445. The number of carbonyl (C=O) groups excluding carboxylic acids is 2. The predicted octanol–water partition coefficient (Wildman–Crippen LogP) is 6.82. The summed E-state index contributed by atoms with van der Waals surface area (Å²) >= 11 is 3.62. The average Bonchev–Trinajstić information content (AvgIpc) is 3.78.